The minimum absolute atomic E-state index is 0.102. The Hall–Kier alpha value is -3.81. The van der Waals surface area contributed by atoms with Crippen LogP contribution in [-0.2, 0) is 13.1 Å². The zero-order valence-corrected chi connectivity index (χ0v) is 18.9. The average Bonchev–Trinajstić information content (AvgIpc) is 3.29. The first-order valence-electron chi connectivity index (χ1n) is 11.1. The molecule has 33 heavy (non-hydrogen) atoms. The second-order valence-electron chi connectivity index (χ2n) is 8.38. The Bertz CT molecular complexity index is 1290. The van der Waals surface area contributed by atoms with Gasteiger partial charge in [-0.3, -0.25) is 0 Å². The van der Waals surface area contributed by atoms with E-state index in [9.17, 15) is 20.3 Å². The zero-order valence-electron chi connectivity index (χ0n) is 18.9. The van der Waals surface area contributed by atoms with E-state index in [2.05, 4.69) is 16.5 Å². The van der Waals surface area contributed by atoms with E-state index in [1.54, 1.807) is 31.2 Å². The van der Waals surface area contributed by atoms with Gasteiger partial charge in [-0.25, -0.2) is 0 Å². The standard InChI is InChI=1S/C25H28N4O4/c1-17-22-15-21(31)11-12-23(22)28(25(17)19-7-9-20(30)10-8-19)14-6-4-3-5-13-27-16-24(29(32)33)26-18(27)2/h7-12,15-16,30-31H,3-6,13-14H2,1-2H3. The molecule has 0 spiro atoms. The van der Waals surface area contributed by atoms with Crippen molar-refractivity contribution in [1.29, 1.82) is 0 Å². The van der Waals surface area contributed by atoms with E-state index in [0.717, 1.165) is 66.5 Å². The van der Waals surface area contributed by atoms with Crippen LogP contribution in [0.15, 0.2) is 48.7 Å². The minimum atomic E-state index is -0.460. The van der Waals surface area contributed by atoms with Gasteiger partial charge in [-0.15, -0.1) is 0 Å². The van der Waals surface area contributed by atoms with Gasteiger partial charge in [0.05, 0.1) is 5.69 Å². The molecule has 2 aromatic carbocycles. The SMILES string of the molecule is Cc1c(-c2ccc(O)cc2)n(CCCCCCn2cc([N+](=O)[O-])nc2C)c2ccc(O)cc12. The third-order valence-corrected chi connectivity index (χ3v) is 6.12. The van der Waals surface area contributed by atoms with Crippen molar-refractivity contribution in [2.24, 2.45) is 0 Å². The lowest BCUT2D eigenvalue weighted by atomic mass is 10.1. The summed E-state index contributed by atoms with van der Waals surface area (Å²) in [6.07, 6.45) is 5.46. The average molecular weight is 449 g/mol. The topological polar surface area (TPSA) is 106 Å². The van der Waals surface area contributed by atoms with Gasteiger partial charge in [0.15, 0.2) is 0 Å². The van der Waals surface area contributed by atoms with E-state index >= 15 is 0 Å². The second kappa shape index (κ2) is 9.36. The number of fused-ring (bicyclic) bond motifs is 1. The summed E-state index contributed by atoms with van der Waals surface area (Å²) in [7, 11) is 0. The van der Waals surface area contributed by atoms with Crippen molar-refractivity contribution in [3.8, 4) is 22.8 Å². The lowest BCUT2D eigenvalue weighted by molar-refractivity contribution is -0.389. The smallest absolute Gasteiger partial charge is 0.381 e. The van der Waals surface area contributed by atoms with Crippen LogP contribution in [0.3, 0.4) is 0 Å². The predicted molar refractivity (Wildman–Crippen MR) is 128 cm³/mol. The first kappa shape index (κ1) is 22.4. The maximum atomic E-state index is 10.9. The highest BCUT2D eigenvalue weighted by atomic mass is 16.6. The van der Waals surface area contributed by atoms with Crippen LogP contribution in [0.2, 0.25) is 0 Å². The van der Waals surface area contributed by atoms with Gasteiger partial charge in [-0.05, 0) is 83.3 Å². The second-order valence-corrected chi connectivity index (χ2v) is 8.38. The molecule has 0 radical (unpaired) electrons. The van der Waals surface area contributed by atoms with Crippen molar-refractivity contribution in [3.05, 3.63) is 70.2 Å². The molecule has 4 aromatic rings. The molecule has 0 atom stereocenters. The first-order valence-corrected chi connectivity index (χ1v) is 11.1. The maximum Gasteiger partial charge on any atom is 0.381 e. The molecule has 0 aliphatic heterocycles. The highest BCUT2D eigenvalue weighted by Crippen LogP contribution is 2.36. The van der Waals surface area contributed by atoms with E-state index in [-0.39, 0.29) is 17.3 Å². The van der Waals surface area contributed by atoms with E-state index in [1.165, 1.54) is 6.20 Å². The Kier molecular flexibility index (Phi) is 6.35. The Morgan fingerprint density at radius 2 is 1.61 bits per heavy atom. The number of aromatic hydroxyl groups is 2. The molecule has 4 rings (SSSR count). The molecule has 2 N–H and O–H groups in total. The molecule has 0 amide bonds. The number of hydrogen-bond acceptors (Lipinski definition) is 5. The van der Waals surface area contributed by atoms with E-state index < -0.39 is 4.92 Å². The third-order valence-electron chi connectivity index (χ3n) is 6.12. The monoisotopic (exact) mass is 448 g/mol. The molecule has 2 heterocycles. The van der Waals surface area contributed by atoms with Crippen LogP contribution >= 0.6 is 0 Å². The molecule has 2 aromatic heterocycles. The Morgan fingerprint density at radius 1 is 0.939 bits per heavy atom. The number of unbranched alkanes of at least 4 members (excludes halogenated alkanes) is 3. The number of imidazole rings is 1. The molecule has 0 aliphatic carbocycles. The molecule has 0 unspecified atom stereocenters. The number of phenols is 2. The number of aryl methyl sites for hydroxylation is 4. The lowest BCUT2D eigenvalue weighted by Gasteiger charge is -2.12. The zero-order chi connectivity index (χ0) is 23.5. The fraction of sp³-hybridized carbons (Fsp3) is 0.320. The third kappa shape index (κ3) is 4.69. The van der Waals surface area contributed by atoms with E-state index in [0.29, 0.717) is 5.82 Å². The lowest BCUT2D eigenvalue weighted by Crippen LogP contribution is -2.02. The Balaban J connectivity index is 1.44. The number of hydrogen-bond donors (Lipinski definition) is 2. The van der Waals surface area contributed by atoms with Crippen LogP contribution < -0.4 is 0 Å². The largest absolute Gasteiger partial charge is 0.508 e. The van der Waals surface area contributed by atoms with Crippen LogP contribution in [0.4, 0.5) is 5.82 Å². The van der Waals surface area contributed by atoms with Gasteiger partial charge in [0.2, 0.25) is 5.82 Å². The molecule has 0 bridgehead atoms. The highest BCUT2D eigenvalue weighted by Gasteiger charge is 2.17. The van der Waals surface area contributed by atoms with Crippen molar-refractivity contribution >= 4 is 16.7 Å². The van der Waals surface area contributed by atoms with Crippen molar-refractivity contribution in [2.75, 3.05) is 0 Å². The van der Waals surface area contributed by atoms with Gasteiger partial charge >= 0.3 is 5.82 Å². The van der Waals surface area contributed by atoms with Crippen molar-refractivity contribution in [2.45, 2.75) is 52.6 Å². The van der Waals surface area contributed by atoms with Crippen LogP contribution in [0, 0.1) is 24.0 Å². The number of nitrogens with zero attached hydrogens (tertiary/aromatic N) is 4. The molecule has 0 fully saturated rings. The van der Waals surface area contributed by atoms with Crippen LogP contribution in [0.25, 0.3) is 22.2 Å². The molecule has 0 saturated carbocycles. The van der Waals surface area contributed by atoms with Gasteiger partial charge in [-0.2, -0.15) is 0 Å². The summed E-state index contributed by atoms with van der Waals surface area (Å²) in [5.41, 5.74) is 4.30. The van der Waals surface area contributed by atoms with Gasteiger partial charge in [0.1, 0.15) is 17.7 Å². The summed E-state index contributed by atoms with van der Waals surface area (Å²) in [4.78, 5) is 14.4. The van der Waals surface area contributed by atoms with Gasteiger partial charge < -0.3 is 29.5 Å². The number of nitro groups is 1. The summed E-state index contributed by atoms with van der Waals surface area (Å²) >= 11 is 0. The summed E-state index contributed by atoms with van der Waals surface area (Å²) < 4.78 is 4.14. The molecule has 172 valence electrons. The summed E-state index contributed by atoms with van der Waals surface area (Å²) in [6.45, 7) is 5.40. The quantitative estimate of drug-likeness (QED) is 0.194. The Labute approximate surface area is 191 Å². The fourth-order valence-electron chi connectivity index (χ4n) is 4.45. The molecular weight excluding hydrogens is 420 g/mol. The van der Waals surface area contributed by atoms with Crippen molar-refractivity contribution in [3.63, 3.8) is 0 Å². The summed E-state index contributed by atoms with van der Waals surface area (Å²) in [5, 5.41) is 31.6. The Morgan fingerprint density at radius 3 is 2.27 bits per heavy atom. The normalized spacial score (nSPS) is 11.3. The number of phenolic OH excluding ortho intramolecular Hbond substituents is 2. The van der Waals surface area contributed by atoms with E-state index in [1.807, 2.05) is 22.8 Å². The van der Waals surface area contributed by atoms with Gasteiger partial charge in [0.25, 0.3) is 0 Å². The summed E-state index contributed by atoms with van der Waals surface area (Å²) in [6, 6.07) is 12.7. The van der Waals surface area contributed by atoms with Crippen LogP contribution in [-0.4, -0.2) is 29.3 Å². The predicted octanol–water partition coefficient (Wildman–Crippen LogP) is 5.70. The van der Waals surface area contributed by atoms with Crippen molar-refractivity contribution < 1.29 is 15.1 Å². The molecule has 8 nitrogen and oxygen atoms in total. The van der Waals surface area contributed by atoms with Gasteiger partial charge in [0, 0.05) is 30.9 Å². The fourth-order valence-corrected chi connectivity index (χ4v) is 4.45. The number of benzene rings is 2. The summed E-state index contributed by atoms with van der Waals surface area (Å²) in [5.74, 6) is 1.04. The van der Waals surface area contributed by atoms with Crippen molar-refractivity contribution in [1.82, 2.24) is 14.1 Å². The molecule has 8 heteroatoms. The first-order chi connectivity index (χ1) is 15.8. The molecule has 0 saturated heterocycles. The number of rotatable bonds is 9. The maximum absolute atomic E-state index is 10.9. The van der Waals surface area contributed by atoms with Crippen LogP contribution in [0.5, 0.6) is 11.5 Å². The van der Waals surface area contributed by atoms with Crippen LogP contribution in [0.1, 0.15) is 37.1 Å². The minimum Gasteiger partial charge on any atom is -0.508 e. The molecular formula is C25H28N4O4. The van der Waals surface area contributed by atoms with Gasteiger partial charge in [-0.1, -0.05) is 12.8 Å². The number of aromatic nitrogens is 3. The van der Waals surface area contributed by atoms with E-state index in [4.69, 9.17) is 0 Å². The highest BCUT2D eigenvalue weighted by molar-refractivity contribution is 5.92. The molecule has 0 aliphatic rings.